The number of hydrogen-bond acceptors (Lipinski definition) is 5. The first-order valence-electron chi connectivity index (χ1n) is 9.17. The van der Waals surface area contributed by atoms with Gasteiger partial charge >= 0.3 is 0 Å². The van der Waals surface area contributed by atoms with Crippen molar-refractivity contribution in [1.82, 2.24) is 19.8 Å². The summed E-state index contributed by atoms with van der Waals surface area (Å²) in [6.07, 6.45) is 1.99. The van der Waals surface area contributed by atoms with Gasteiger partial charge in [-0.1, -0.05) is 18.2 Å². The number of nitrogens with zero attached hydrogens (tertiary/aromatic N) is 3. The van der Waals surface area contributed by atoms with E-state index < -0.39 is 6.10 Å². The lowest BCUT2D eigenvalue weighted by Crippen LogP contribution is -2.53. The fraction of sp³-hybridized carbons (Fsp3) is 0.400. The largest absolute Gasteiger partial charge is 0.390 e. The van der Waals surface area contributed by atoms with Crippen LogP contribution in [-0.2, 0) is 13.6 Å². The number of rotatable bonds is 4. The molecule has 1 saturated heterocycles. The highest BCUT2D eigenvalue weighted by molar-refractivity contribution is 7.09. The van der Waals surface area contributed by atoms with Gasteiger partial charge in [0, 0.05) is 49.2 Å². The predicted molar refractivity (Wildman–Crippen MR) is 107 cm³/mol. The molecule has 1 aliphatic heterocycles. The molecular weight excluding hydrogens is 360 g/mol. The monoisotopic (exact) mass is 384 g/mol. The number of carbonyl (C=O) groups excluding carboxylic acids is 1. The third-order valence-electron chi connectivity index (χ3n) is 5.18. The van der Waals surface area contributed by atoms with Crippen molar-refractivity contribution in [2.24, 2.45) is 7.05 Å². The Labute approximate surface area is 162 Å². The summed E-state index contributed by atoms with van der Waals surface area (Å²) in [5, 5.41) is 17.7. The number of hydrogen-bond donors (Lipinski definition) is 2. The predicted octanol–water partition coefficient (Wildman–Crippen LogP) is 2.31. The average molecular weight is 385 g/mol. The molecule has 27 heavy (non-hydrogen) atoms. The number of β-amino-alcohol motifs (C(OH)–C–C–N with tert-alkyl or cyclic N) is 1. The van der Waals surface area contributed by atoms with E-state index in [2.05, 4.69) is 20.6 Å². The summed E-state index contributed by atoms with van der Waals surface area (Å²) in [6, 6.07) is 7.63. The molecule has 0 unspecified atom stereocenters. The van der Waals surface area contributed by atoms with Crippen LogP contribution in [0.5, 0.6) is 0 Å². The number of amides is 1. The minimum Gasteiger partial charge on any atom is -0.390 e. The molecule has 2 N–H and O–H groups in total. The van der Waals surface area contributed by atoms with Gasteiger partial charge in [0.05, 0.1) is 28.4 Å². The number of aryl methyl sites for hydroxylation is 2. The van der Waals surface area contributed by atoms with Gasteiger partial charge in [-0.3, -0.25) is 9.69 Å². The van der Waals surface area contributed by atoms with E-state index in [1.54, 1.807) is 11.3 Å². The second kappa shape index (κ2) is 7.42. The molecule has 0 spiro atoms. The van der Waals surface area contributed by atoms with Crippen LogP contribution in [0.25, 0.3) is 10.9 Å². The first kappa shape index (κ1) is 18.2. The van der Waals surface area contributed by atoms with Crippen LogP contribution in [0.15, 0.2) is 35.8 Å². The van der Waals surface area contributed by atoms with Crippen LogP contribution in [0.4, 0.5) is 0 Å². The van der Waals surface area contributed by atoms with Crippen molar-refractivity contribution in [3.8, 4) is 0 Å². The Morgan fingerprint density at radius 1 is 1.41 bits per heavy atom. The number of aromatic nitrogens is 2. The summed E-state index contributed by atoms with van der Waals surface area (Å²) >= 11 is 1.64. The quantitative estimate of drug-likeness (QED) is 0.724. The Balaban J connectivity index is 1.40. The number of aliphatic hydroxyl groups excluding tert-OH is 1. The van der Waals surface area contributed by atoms with E-state index in [4.69, 9.17) is 0 Å². The van der Waals surface area contributed by atoms with E-state index in [1.807, 2.05) is 49.0 Å². The molecule has 4 rings (SSSR count). The number of piperidine rings is 1. The summed E-state index contributed by atoms with van der Waals surface area (Å²) in [5.74, 6) is -0.126. The molecule has 7 heteroatoms. The molecule has 0 aliphatic carbocycles. The number of benzene rings is 1. The van der Waals surface area contributed by atoms with Crippen LogP contribution in [0.1, 0.15) is 27.5 Å². The van der Waals surface area contributed by atoms with Gasteiger partial charge in [0.1, 0.15) is 0 Å². The second-order valence-corrected chi connectivity index (χ2v) is 8.26. The zero-order valence-corrected chi connectivity index (χ0v) is 16.4. The SMILES string of the molecule is Cc1nc(CN2CC[C@@H](NC(=O)c3cn(C)c4ccccc34)[C@H](O)C2)cs1. The third kappa shape index (κ3) is 3.76. The van der Waals surface area contributed by atoms with Crippen molar-refractivity contribution in [1.29, 1.82) is 0 Å². The Hall–Kier alpha value is -2.22. The van der Waals surface area contributed by atoms with Crippen molar-refractivity contribution in [3.63, 3.8) is 0 Å². The highest BCUT2D eigenvalue weighted by atomic mass is 32.1. The lowest BCUT2D eigenvalue weighted by atomic mass is 10.0. The Morgan fingerprint density at radius 2 is 2.22 bits per heavy atom. The normalized spacial score (nSPS) is 20.9. The highest BCUT2D eigenvalue weighted by Crippen LogP contribution is 2.21. The summed E-state index contributed by atoms with van der Waals surface area (Å²) < 4.78 is 1.96. The molecule has 1 amide bonds. The van der Waals surface area contributed by atoms with Gasteiger partial charge in [0.15, 0.2) is 0 Å². The maximum atomic E-state index is 12.8. The third-order valence-corrected chi connectivity index (χ3v) is 6.00. The number of likely N-dealkylation sites (tertiary alicyclic amines) is 1. The number of aliphatic hydroxyl groups is 1. The van der Waals surface area contributed by atoms with E-state index in [9.17, 15) is 9.90 Å². The molecule has 0 saturated carbocycles. The van der Waals surface area contributed by atoms with Crippen molar-refractivity contribution >= 4 is 28.1 Å². The molecule has 1 aliphatic rings. The molecule has 0 radical (unpaired) electrons. The number of nitrogens with one attached hydrogen (secondary N) is 1. The summed E-state index contributed by atoms with van der Waals surface area (Å²) in [6.45, 7) is 4.11. The van der Waals surface area contributed by atoms with Crippen molar-refractivity contribution in [2.45, 2.75) is 32.0 Å². The topological polar surface area (TPSA) is 70.4 Å². The van der Waals surface area contributed by atoms with Crippen LogP contribution in [0, 0.1) is 6.92 Å². The van der Waals surface area contributed by atoms with Gasteiger partial charge in [0.2, 0.25) is 0 Å². The first-order valence-corrected chi connectivity index (χ1v) is 10.1. The first-order chi connectivity index (χ1) is 13.0. The number of para-hydroxylation sites is 1. The summed E-state index contributed by atoms with van der Waals surface area (Å²) in [7, 11) is 1.94. The smallest absolute Gasteiger partial charge is 0.253 e. The van der Waals surface area contributed by atoms with Gasteiger partial charge in [-0.2, -0.15) is 0 Å². The molecule has 3 heterocycles. The van der Waals surface area contributed by atoms with Crippen LogP contribution >= 0.6 is 11.3 Å². The standard InChI is InChI=1S/C20H24N4O2S/c1-13-21-14(12-27-13)9-24-8-7-17(19(25)11-24)22-20(26)16-10-23(2)18-6-4-3-5-15(16)18/h3-6,10,12,17,19,25H,7-9,11H2,1-2H3,(H,22,26)/t17-,19-/m1/s1. The van der Waals surface area contributed by atoms with E-state index in [-0.39, 0.29) is 11.9 Å². The van der Waals surface area contributed by atoms with E-state index in [0.717, 1.165) is 41.1 Å². The van der Waals surface area contributed by atoms with Gasteiger partial charge in [-0.25, -0.2) is 4.98 Å². The van der Waals surface area contributed by atoms with E-state index >= 15 is 0 Å². The van der Waals surface area contributed by atoms with Gasteiger partial charge in [-0.05, 0) is 19.4 Å². The Bertz CT molecular complexity index is 964. The molecule has 142 valence electrons. The molecule has 1 fully saturated rings. The fourth-order valence-electron chi connectivity index (χ4n) is 3.79. The van der Waals surface area contributed by atoms with Gasteiger partial charge in [0.25, 0.3) is 5.91 Å². The minimum absolute atomic E-state index is 0.126. The Kier molecular flexibility index (Phi) is 4.99. The van der Waals surface area contributed by atoms with Crippen molar-refractivity contribution in [2.75, 3.05) is 13.1 Å². The lowest BCUT2D eigenvalue weighted by Gasteiger charge is -2.35. The molecular formula is C20H24N4O2S. The number of carbonyl (C=O) groups is 1. The van der Waals surface area contributed by atoms with Crippen molar-refractivity contribution in [3.05, 3.63) is 52.1 Å². The second-order valence-electron chi connectivity index (χ2n) is 7.20. The number of fused-ring (bicyclic) bond motifs is 1. The van der Waals surface area contributed by atoms with Crippen molar-refractivity contribution < 1.29 is 9.90 Å². The molecule has 6 nitrogen and oxygen atoms in total. The molecule has 3 aromatic rings. The maximum absolute atomic E-state index is 12.8. The van der Waals surface area contributed by atoms with E-state index in [1.165, 1.54) is 0 Å². The fourth-order valence-corrected chi connectivity index (χ4v) is 4.39. The van der Waals surface area contributed by atoms with Gasteiger partial charge < -0.3 is 15.0 Å². The van der Waals surface area contributed by atoms with Crippen LogP contribution in [-0.4, -0.2) is 50.7 Å². The average Bonchev–Trinajstić information content (AvgIpc) is 3.21. The zero-order valence-electron chi connectivity index (χ0n) is 15.6. The van der Waals surface area contributed by atoms with Crippen LogP contribution < -0.4 is 5.32 Å². The molecule has 2 atom stereocenters. The number of thiazole rings is 1. The lowest BCUT2D eigenvalue weighted by molar-refractivity contribution is 0.0346. The summed E-state index contributed by atoms with van der Waals surface area (Å²) in [5.41, 5.74) is 2.72. The summed E-state index contributed by atoms with van der Waals surface area (Å²) in [4.78, 5) is 19.5. The zero-order chi connectivity index (χ0) is 19.0. The maximum Gasteiger partial charge on any atom is 0.253 e. The van der Waals surface area contributed by atoms with Crippen LogP contribution in [0.2, 0.25) is 0 Å². The van der Waals surface area contributed by atoms with E-state index in [0.29, 0.717) is 12.1 Å². The highest BCUT2D eigenvalue weighted by Gasteiger charge is 2.30. The molecule has 0 bridgehead atoms. The minimum atomic E-state index is -0.586. The molecule has 2 aromatic heterocycles. The van der Waals surface area contributed by atoms with Gasteiger partial charge in [-0.15, -0.1) is 11.3 Å². The molecule has 1 aromatic carbocycles. The Morgan fingerprint density at radius 3 is 2.96 bits per heavy atom. The van der Waals surface area contributed by atoms with Crippen LogP contribution in [0.3, 0.4) is 0 Å².